The first-order valence-electron chi connectivity index (χ1n) is 5.87. The zero-order chi connectivity index (χ0) is 12.1. The lowest BCUT2D eigenvalue weighted by Gasteiger charge is -2.13. The SMILES string of the molecule is CC1OCCC1SCCOc1ccc(Br)cc1. The molecule has 0 aromatic heterocycles. The predicted molar refractivity (Wildman–Crippen MR) is 75.9 cm³/mol. The summed E-state index contributed by atoms with van der Waals surface area (Å²) in [5, 5.41) is 0.642. The first-order valence-corrected chi connectivity index (χ1v) is 7.71. The van der Waals surface area contributed by atoms with E-state index in [0.717, 1.165) is 29.2 Å². The lowest BCUT2D eigenvalue weighted by molar-refractivity contribution is 0.127. The van der Waals surface area contributed by atoms with Crippen molar-refractivity contribution in [2.45, 2.75) is 24.7 Å². The van der Waals surface area contributed by atoms with E-state index in [-0.39, 0.29) is 0 Å². The van der Waals surface area contributed by atoms with Gasteiger partial charge < -0.3 is 9.47 Å². The van der Waals surface area contributed by atoms with Crippen LogP contribution in [-0.2, 0) is 4.74 Å². The smallest absolute Gasteiger partial charge is 0.119 e. The highest BCUT2D eigenvalue weighted by Gasteiger charge is 2.23. The van der Waals surface area contributed by atoms with Crippen LogP contribution < -0.4 is 4.74 Å². The lowest BCUT2D eigenvalue weighted by atomic mass is 10.3. The van der Waals surface area contributed by atoms with E-state index in [9.17, 15) is 0 Å². The second-order valence-corrected chi connectivity index (χ2v) is 6.34. The van der Waals surface area contributed by atoms with Crippen LogP contribution in [0.4, 0.5) is 0 Å². The lowest BCUT2D eigenvalue weighted by Crippen LogP contribution is -2.15. The van der Waals surface area contributed by atoms with Crippen LogP contribution in [0.3, 0.4) is 0 Å². The van der Waals surface area contributed by atoms with Gasteiger partial charge in [0.05, 0.1) is 12.7 Å². The summed E-state index contributed by atoms with van der Waals surface area (Å²) < 4.78 is 12.3. The Morgan fingerprint density at radius 1 is 1.41 bits per heavy atom. The van der Waals surface area contributed by atoms with Crippen LogP contribution in [0.2, 0.25) is 0 Å². The first-order chi connectivity index (χ1) is 8.25. The first kappa shape index (κ1) is 13.2. The summed E-state index contributed by atoms with van der Waals surface area (Å²) in [6, 6.07) is 7.96. The van der Waals surface area contributed by atoms with Crippen molar-refractivity contribution in [3.63, 3.8) is 0 Å². The van der Waals surface area contributed by atoms with Crippen molar-refractivity contribution >= 4 is 27.7 Å². The normalized spacial score (nSPS) is 23.9. The number of hydrogen-bond donors (Lipinski definition) is 0. The molecule has 1 heterocycles. The van der Waals surface area contributed by atoms with Gasteiger partial charge in [-0.05, 0) is 37.6 Å². The number of benzene rings is 1. The van der Waals surface area contributed by atoms with E-state index in [2.05, 4.69) is 22.9 Å². The molecule has 0 saturated carbocycles. The van der Waals surface area contributed by atoms with Crippen LogP contribution >= 0.6 is 27.7 Å². The molecule has 4 heteroatoms. The highest BCUT2D eigenvalue weighted by atomic mass is 79.9. The summed E-state index contributed by atoms with van der Waals surface area (Å²) in [7, 11) is 0. The zero-order valence-corrected chi connectivity index (χ0v) is 12.3. The van der Waals surface area contributed by atoms with Crippen molar-refractivity contribution < 1.29 is 9.47 Å². The van der Waals surface area contributed by atoms with Crippen LogP contribution in [0.25, 0.3) is 0 Å². The molecule has 94 valence electrons. The number of halogens is 1. The minimum absolute atomic E-state index is 0.396. The van der Waals surface area contributed by atoms with Crippen LogP contribution in [-0.4, -0.2) is 30.3 Å². The largest absolute Gasteiger partial charge is 0.493 e. The zero-order valence-electron chi connectivity index (χ0n) is 9.90. The topological polar surface area (TPSA) is 18.5 Å². The van der Waals surface area contributed by atoms with Crippen LogP contribution in [0.5, 0.6) is 5.75 Å². The molecule has 1 saturated heterocycles. The van der Waals surface area contributed by atoms with Gasteiger partial charge in [0.25, 0.3) is 0 Å². The highest BCUT2D eigenvalue weighted by molar-refractivity contribution is 9.10. The summed E-state index contributed by atoms with van der Waals surface area (Å²) in [6.07, 6.45) is 1.57. The van der Waals surface area contributed by atoms with E-state index in [4.69, 9.17) is 9.47 Å². The molecule has 2 nitrogen and oxygen atoms in total. The fourth-order valence-electron chi connectivity index (χ4n) is 1.82. The van der Waals surface area contributed by atoms with E-state index in [1.807, 2.05) is 36.0 Å². The Balaban J connectivity index is 1.64. The fourth-order valence-corrected chi connectivity index (χ4v) is 3.18. The molecule has 0 aliphatic carbocycles. The van der Waals surface area contributed by atoms with E-state index in [1.165, 1.54) is 6.42 Å². The van der Waals surface area contributed by atoms with Gasteiger partial charge in [0, 0.05) is 22.1 Å². The molecule has 1 aliphatic heterocycles. The Labute approximate surface area is 115 Å². The third kappa shape index (κ3) is 4.19. The number of thioether (sulfide) groups is 1. The molecule has 0 radical (unpaired) electrons. The van der Waals surface area contributed by atoms with Crippen molar-refractivity contribution in [3.8, 4) is 5.75 Å². The summed E-state index contributed by atoms with van der Waals surface area (Å²) >= 11 is 5.36. The molecule has 2 atom stereocenters. The molecule has 17 heavy (non-hydrogen) atoms. The Bertz CT molecular complexity index is 342. The fraction of sp³-hybridized carbons (Fsp3) is 0.538. The van der Waals surface area contributed by atoms with Crippen LogP contribution in [0.15, 0.2) is 28.7 Å². The monoisotopic (exact) mass is 316 g/mol. The molecule has 1 aromatic carbocycles. The number of rotatable bonds is 5. The minimum Gasteiger partial charge on any atom is -0.493 e. The van der Waals surface area contributed by atoms with Gasteiger partial charge in [0.1, 0.15) is 5.75 Å². The maximum Gasteiger partial charge on any atom is 0.119 e. The summed E-state index contributed by atoms with van der Waals surface area (Å²) in [5.74, 6) is 1.96. The molecule has 1 aliphatic rings. The maximum atomic E-state index is 5.67. The summed E-state index contributed by atoms with van der Waals surface area (Å²) in [5.41, 5.74) is 0. The van der Waals surface area contributed by atoms with Crippen molar-refractivity contribution in [2.24, 2.45) is 0 Å². The quantitative estimate of drug-likeness (QED) is 0.771. The average Bonchev–Trinajstić information content (AvgIpc) is 2.73. The van der Waals surface area contributed by atoms with Crippen molar-refractivity contribution in [2.75, 3.05) is 19.0 Å². The highest BCUT2D eigenvalue weighted by Crippen LogP contribution is 2.26. The van der Waals surface area contributed by atoms with Crippen LogP contribution in [0, 0.1) is 0 Å². The molecule has 0 amide bonds. The van der Waals surface area contributed by atoms with E-state index >= 15 is 0 Å². The van der Waals surface area contributed by atoms with Crippen molar-refractivity contribution in [1.29, 1.82) is 0 Å². The van der Waals surface area contributed by atoms with Gasteiger partial charge in [-0.1, -0.05) is 15.9 Å². The summed E-state index contributed by atoms with van der Waals surface area (Å²) in [6.45, 7) is 3.82. The number of ether oxygens (including phenoxy) is 2. The van der Waals surface area contributed by atoms with Gasteiger partial charge in [-0.25, -0.2) is 0 Å². The molecule has 0 spiro atoms. The Kier molecular flexibility index (Phi) is 5.19. The van der Waals surface area contributed by atoms with Crippen LogP contribution in [0.1, 0.15) is 13.3 Å². The van der Waals surface area contributed by atoms with Crippen molar-refractivity contribution in [3.05, 3.63) is 28.7 Å². The third-order valence-electron chi connectivity index (χ3n) is 2.80. The molecule has 1 aromatic rings. The molecule has 0 bridgehead atoms. The average molecular weight is 317 g/mol. The van der Waals surface area contributed by atoms with Crippen molar-refractivity contribution in [1.82, 2.24) is 0 Å². The standard InChI is InChI=1S/C13H17BrO2S/c1-10-13(6-7-15-10)17-9-8-16-12-4-2-11(14)3-5-12/h2-5,10,13H,6-9H2,1H3. The third-order valence-corrected chi connectivity index (χ3v) is 4.78. The Morgan fingerprint density at radius 3 is 2.82 bits per heavy atom. The Morgan fingerprint density at radius 2 is 2.18 bits per heavy atom. The second kappa shape index (κ2) is 6.66. The number of hydrogen-bond acceptors (Lipinski definition) is 3. The minimum atomic E-state index is 0.396. The van der Waals surface area contributed by atoms with Gasteiger partial charge in [-0.2, -0.15) is 11.8 Å². The van der Waals surface area contributed by atoms with Gasteiger partial charge >= 0.3 is 0 Å². The van der Waals surface area contributed by atoms with E-state index in [0.29, 0.717) is 11.4 Å². The van der Waals surface area contributed by atoms with Gasteiger partial charge in [-0.15, -0.1) is 0 Å². The molecular formula is C13H17BrO2S. The molecule has 1 fully saturated rings. The predicted octanol–water partition coefficient (Wildman–Crippen LogP) is 3.74. The summed E-state index contributed by atoms with van der Waals surface area (Å²) in [4.78, 5) is 0. The Hall–Kier alpha value is -0.190. The van der Waals surface area contributed by atoms with Gasteiger partial charge in [-0.3, -0.25) is 0 Å². The second-order valence-electron chi connectivity index (χ2n) is 4.08. The van der Waals surface area contributed by atoms with Gasteiger partial charge in [0.15, 0.2) is 0 Å². The maximum absolute atomic E-state index is 5.67. The van der Waals surface area contributed by atoms with Gasteiger partial charge in [0.2, 0.25) is 0 Å². The molecule has 2 unspecified atom stereocenters. The van der Waals surface area contributed by atoms with E-state index < -0.39 is 0 Å². The molecular weight excluding hydrogens is 300 g/mol. The molecule has 0 N–H and O–H groups in total. The van der Waals surface area contributed by atoms with E-state index in [1.54, 1.807) is 0 Å². The molecule has 2 rings (SSSR count).